The number of amides is 2. The molecule has 2 aromatic heterocycles. The molecular formula is C21H27F5N6O2. The minimum atomic E-state index is -4.56. The predicted octanol–water partition coefficient (Wildman–Crippen LogP) is 3.59. The van der Waals surface area contributed by atoms with E-state index in [1.807, 2.05) is 5.32 Å². The van der Waals surface area contributed by atoms with Gasteiger partial charge in [-0.3, -0.25) is 0 Å². The number of halogens is 5. The van der Waals surface area contributed by atoms with E-state index < -0.39 is 42.8 Å². The van der Waals surface area contributed by atoms with Gasteiger partial charge in [0.2, 0.25) is 5.92 Å². The fraction of sp³-hybridized carbons (Fsp3) is 0.667. The number of carbonyl (C=O) groups excluding carboxylic acids is 1. The second-order valence-corrected chi connectivity index (χ2v) is 8.97. The summed E-state index contributed by atoms with van der Waals surface area (Å²) >= 11 is 0. The molecule has 2 aromatic rings. The van der Waals surface area contributed by atoms with Crippen LogP contribution in [-0.4, -0.2) is 63.9 Å². The van der Waals surface area contributed by atoms with Crippen LogP contribution in [0.4, 0.5) is 26.7 Å². The number of urea groups is 1. The van der Waals surface area contributed by atoms with E-state index in [1.54, 1.807) is 12.3 Å². The maximum atomic E-state index is 13.5. The number of imidazole rings is 1. The van der Waals surface area contributed by atoms with Gasteiger partial charge >= 0.3 is 12.2 Å². The van der Waals surface area contributed by atoms with Crippen molar-refractivity contribution in [3.8, 4) is 0 Å². The smallest absolute Gasteiger partial charge is 0.385 e. The van der Waals surface area contributed by atoms with Crippen molar-refractivity contribution in [2.45, 2.75) is 62.3 Å². The minimum absolute atomic E-state index is 0.133. The van der Waals surface area contributed by atoms with Crippen molar-refractivity contribution in [2.24, 2.45) is 11.7 Å². The van der Waals surface area contributed by atoms with Gasteiger partial charge in [0, 0.05) is 26.6 Å². The van der Waals surface area contributed by atoms with Gasteiger partial charge in [-0.25, -0.2) is 23.1 Å². The Morgan fingerprint density at radius 1 is 1.32 bits per heavy atom. The third-order valence-corrected chi connectivity index (χ3v) is 6.66. The minimum Gasteiger partial charge on any atom is -0.385 e. The summed E-state index contributed by atoms with van der Waals surface area (Å²) in [6.45, 7) is -0.314. The zero-order valence-corrected chi connectivity index (χ0v) is 18.6. The van der Waals surface area contributed by atoms with Gasteiger partial charge in [-0.15, -0.1) is 0 Å². The van der Waals surface area contributed by atoms with Crippen molar-refractivity contribution < 1.29 is 31.5 Å². The standard InChI is InChI=1S/C21H27F5N6O2/c1-34-7-4-15(31-11-16(21(24,25)26)30-19(31)33)13-8-17-29-14(10-32(17)28-9-13)18(27)12-2-5-20(22,23)6-3-12/h8-10,12,15-16,18H,2-7,11,27H2,1H3,(H,30,33)/t15?,16-,18?/m0/s1. The van der Waals surface area contributed by atoms with Crippen molar-refractivity contribution in [1.82, 2.24) is 24.8 Å². The third-order valence-electron chi connectivity index (χ3n) is 6.66. The Kier molecular flexibility index (Phi) is 6.69. The molecule has 2 amide bonds. The highest BCUT2D eigenvalue weighted by molar-refractivity contribution is 5.77. The lowest BCUT2D eigenvalue weighted by molar-refractivity contribution is -0.150. The number of alkyl halides is 5. The average molecular weight is 490 g/mol. The third kappa shape index (κ3) is 5.09. The van der Waals surface area contributed by atoms with Crippen LogP contribution >= 0.6 is 0 Å². The van der Waals surface area contributed by atoms with Gasteiger partial charge in [0.25, 0.3) is 0 Å². The van der Waals surface area contributed by atoms with Crippen molar-refractivity contribution >= 4 is 11.7 Å². The van der Waals surface area contributed by atoms with E-state index in [0.29, 0.717) is 29.7 Å². The van der Waals surface area contributed by atoms with Crippen LogP contribution in [0.1, 0.15) is 55.4 Å². The summed E-state index contributed by atoms with van der Waals surface area (Å²) in [7, 11) is 1.46. The number of nitrogens with zero attached hydrogens (tertiary/aromatic N) is 4. The summed E-state index contributed by atoms with van der Waals surface area (Å²) in [5.74, 6) is -2.79. The number of aromatic nitrogens is 3. The molecule has 2 unspecified atom stereocenters. The first-order valence-electron chi connectivity index (χ1n) is 11.1. The number of nitrogens with one attached hydrogen (secondary N) is 1. The molecule has 8 nitrogen and oxygen atoms in total. The second kappa shape index (κ2) is 9.25. The summed E-state index contributed by atoms with van der Waals surface area (Å²) < 4.78 is 73.0. The zero-order chi connectivity index (χ0) is 24.7. The van der Waals surface area contributed by atoms with Crippen molar-refractivity contribution in [3.63, 3.8) is 0 Å². The van der Waals surface area contributed by atoms with Gasteiger partial charge in [0.05, 0.1) is 36.7 Å². The molecule has 1 aliphatic heterocycles. The summed E-state index contributed by atoms with van der Waals surface area (Å²) in [6, 6.07) is -2.38. The molecule has 1 saturated carbocycles. The van der Waals surface area contributed by atoms with E-state index in [2.05, 4.69) is 10.1 Å². The number of fused-ring (bicyclic) bond motifs is 1. The molecule has 0 bridgehead atoms. The molecule has 0 spiro atoms. The molecule has 0 aromatic carbocycles. The van der Waals surface area contributed by atoms with Crippen LogP contribution in [0, 0.1) is 5.92 Å². The molecule has 13 heteroatoms. The summed E-state index contributed by atoms with van der Waals surface area (Å²) in [5, 5.41) is 6.28. The van der Waals surface area contributed by atoms with E-state index in [-0.39, 0.29) is 31.8 Å². The molecule has 0 radical (unpaired) electrons. The first-order chi connectivity index (χ1) is 16.0. The van der Waals surface area contributed by atoms with Crippen LogP contribution < -0.4 is 11.1 Å². The van der Waals surface area contributed by atoms with Crippen LogP contribution in [0.5, 0.6) is 0 Å². The molecule has 34 heavy (non-hydrogen) atoms. The largest absolute Gasteiger partial charge is 0.410 e. The lowest BCUT2D eigenvalue weighted by Gasteiger charge is -2.31. The first-order valence-corrected chi connectivity index (χ1v) is 11.1. The number of hydrogen-bond donors (Lipinski definition) is 2. The molecule has 3 heterocycles. The van der Waals surface area contributed by atoms with Crippen molar-refractivity contribution in [3.05, 3.63) is 29.7 Å². The Hall–Kier alpha value is -2.54. The fourth-order valence-electron chi connectivity index (χ4n) is 4.66. The highest BCUT2D eigenvalue weighted by Gasteiger charge is 2.48. The van der Waals surface area contributed by atoms with E-state index >= 15 is 0 Å². The number of nitrogens with two attached hydrogens (primary N) is 1. The van der Waals surface area contributed by atoms with Gasteiger partial charge in [-0.2, -0.15) is 18.3 Å². The van der Waals surface area contributed by atoms with E-state index in [9.17, 15) is 26.7 Å². The highest BCUT2D eigenvalue weighted by Crippen LogP contribution is 2.40. The van der Waals surface area contributed by atoms with Crippen molar-refractivity contribution in [2.75, 3.05) is 20.3 Å². The van der Waals surface area contributed by atoms with Crippen LogP contribution in [0.3, 0.4) is 0 Å². The van der Waals surface area contributed by atoms with Gasteiger partial charge in [0.1, 0.15) is 6.04 Å². The molecule has 188 valence electrons. The highest BCUT2D eigenvalue weighted by atomic mass is 19.4. The van der Waals surface area contributed by atoms with Gasteiger partial charge in [-0.1, -0.05) is 0 Å². The lowest BCUT2D eigenvalue weighted by atomic mass is 9.81. The summed E-state index contributed by atoms with van der Waals surface area (Å²) in [5.41, 5.74) is 7.74. The van der Waals surface area contributed by atoms with Crippen LogP contribution in [0.15, 0.2) is 18.5 Å². The van der Waals surface area contributed by atoms with Crippen LogP contribution in [0.2, 0.25) is 0 Å². The van der Waals surface area contributed by atoms with Crippen LogP contribution in [-0.2, 0) is 4.74 Å². The predicted molar refractivity (Wildman–Crippen MR) is 111 cm³/mol. The van der Waals surface area contributed by atoms with Gasteiger partial charge < -0.3 is 20.7 Å². The Labute approximate surface area is 192 Å². The number of rotatable bonds is 7. The quantitative estimate of drug-likeness (QED) is 0.579. The van der Waals surface area contributed by atoms with Crippen LogP contribution in [0.25, 0.3) is 5.65 Å². The Morgan fingerprint density at radius 3 is 2.65 bits per heavy atom. The van der Waals surface area contributed by atoms with Gasteiger partial charge in [-0.05, 0) is 36.8 Å². The monoisotopic (exact) mass is 490 g/mol. The molecule has 2 fully saturated rings. The fourth-order valence-corrected chi connectivity index (χ4v) is 4.66. The molecule has 4 rings (SSSR count). The molecule has 1 saturated heterocycles. The van der Waals surface area contributed by atoms with E-state index in [0.717, 1.165) is 4.90 Å². The van der Waals surface area contributed by atoms with E-state index in [4.69, 9.17) is 10.5 Å². The Morgan fingerprint density at radius 2 is 2.03 bits per heavy atom. The molecular weight excluding hydrogens is 463 g/mol. The number of methoxy groups -OCH3 is 1. The Balaban J connectivity index is 1.57. The van der Waals surface area contributed by atoms with Crippen molar-refractivity contribution in [1.29, 1.82) is 0 Å². The zero-order valence-electron chi connectivity index (χ0n) is 18.6. The maximum absolute atomic E-state index is 13.5. The lowest BCUT2D eigenvalue weighted by Crippen LogP contribution is -2.40. The van der Waals surface area contributed by atoms with E-state index in [1.165, 1.54) is 17.8 Å². The second-order valence-electron chi connectivity index (χ2n) is 8.97. The molecule has 1 aliphatic carbocycles. The SMILES string of the molecule is COCCC(c1cnn2cc(C(N)C3CCC(F)(F)CC3)nc2c1)N1C[C@@H](C(F)(F)F)NC1=O. The number of ether oxygens (including phenoxy) is 1. The van der Waals surface area contributed by atoms with Gasteiger partial charge in [0.15, 0.2) is 5.65 Å². The first kappa shape index (κ1) is 24.6. The summed E-state index contributed by atoms with van der Waals surface area (Å²) in [6.07, 6.45) is -1.03. The molecule has 3 atom stereocenters. The number of carbonyl (C=O) groups is 1. The normalized spacial score (nSPS) is 23.3. The average Bonchev–Trinajstić information content (AvgIpc) is 3.37. The summed E-state index contributed by atoms with van der Waals surface area (Å²) in [4.78, 5) is 18.0. The molecule has 3 N–H and O–H groups in total. The number of hydrogen-bond acceptors (Lipinski definition) is 5. The molecule has 2 aliphatic rings. The maximum Gasteiger partial charge on any atom is 0.410 e. The topological polar surface area (TPSA) is 97.8 Å². The Bertz CT molecular complexity index is 1020.